The maximum atomic E-state index is 5.59. The van der Waals surface area contributed by atoms with Gasteiger partial charge in [-0.05, 0) is 72.3 Å². The lowest BCUT2D eigenvalue weighted by Crippen LogP contribution is -2.35. The van der Waals surface area contributed by atoms with Crippen LogP contribution in [0.25, 0.3) is 0 Å². The number of likely N-dealkylation sites (tertiary alicyclic amines) is 1. The Kier molecular flexibility index (Phi) is 4.46. The van der Waals surface area contributed by atoms with Gasteiger partial charge in [0.25, 0.3) is 0 Å². The lowest BCUT2D eigenvalue weighted by molar-refractivity contribution is 0.213. The summed E-state index contributed by atoms with van der Waals surface area (Å²) in [5, 5.41) is 3.66. The molecule has 0 radical (unpaired) electrons. The first-order chi connectivity index (χ1) is 8.56. The van der Waals surface area contributed by atoms with Crippen molar-refractivity contribution < 1.29 is 4.42 Å². The Morgan fingerprint density at radius 2 is 2.06 bits per heavy atom. The van der Waals surface area contributed by atoms with E-state index in [2.05, 4.69) is 37.2 Å². The molecule has 1 aliphatic heterocycles. The molecule has 0 saturated carbocycles. The fourth-order valence-corrected chi connectivity index (χ4v) is 2.80. The Balaban J connectivity index is 1.81. The number of furan rings is 1. The van der Waals surface area contributed by atoms with Gasteiger partial charge in [-0.15, -0.1) is 0 Å². The van der Waals surface area contributed by atoms with E-state index < -0.39 is 0 Å². The number of piperidine rings is 1. The summed E-state index contributed by atoms with van der Waals surface area (Å²) in [6.45, 7) is 9.90. The average molecular weight is 250 g/mol. The van der Waals surface area contributed by atoms with E-state index in [0.717, 1.165) is 24.0 Å². The second-order valence-electron chi connectivity index (χ2n) is 5.75. The van der Waals surface area contributed by atoms with E-state index >= 15 is 0 Å². The topological polar surface area (TPSA) is 28.4 Å². The first-order valence-electron chi connectivity index (χ1n) is 7.05. The van der Waals surface area contributed by atoms with Gasteiger partial charge in [0, 0.05) is 11.6 Å². The summed E-state index contributed by atoms with van der Waals surface area (Å²) in [6, 6.07) is 2.55. The number of rotatable bonds is 4. The quantitative estimate of drug-likeness (QED) is 0.890. The highest BCUT2D eigenvalue weighted by atomic mass is 16.3. The minimum atomic E-state index is 0.391. The highest BCUT2D eigenvalue weighted by Crippen LogP contribution is 2.22. The molecule has 3 heteroatoms. The normalized spacial score (nSPS) is 20.2. The second-order valence-corrected chi connectivity index (χ2v) is 5.75. The van der Waals surface area contributed by atoms with E-state index in [1.54, 1.807) is 0 Å². The number of aryl methyl sites for hydroxylation is 2. The molecular weight excluding hydrogens is 224 g/mol. The minimum Gasteiger partial charge on any atom is -0.466 e. The van der Waals surface area contributed by atoms with Crippen LogP contribution in [-0.2, 0) is 0 Å². The predicted octanol–water partition coefficient (Wildman–Crippen LogP) is 2.89. The molecule has 1 N–H and O–H groups in total. The van der Waals surface area contributed by atoms with E-state index in [-0.39, 0.29) is 0 Å². The molecule has 0 bridgehead atoms. The van der Waals surface area contributed by atoms with Crippen LogP contribution in [0.2, 0.25) is 0 Å². The van der Waals surface area contributed by atoms with Gasteiger partial charge in [-0.1, -0.05) is 0 Å². The Labute approximate surface area is 111 Å². The van der Waals surface area contributed by atoms with Crippen LogP contribution in [0.4, 0.5) is 0 Å². The summed E-state index contributed by atoms with van der Waals surface area (Å²) in [7, 11) is 2.21. The largest absolute Gasteiger partial charge is 0.466 e. The van der Waals surface area contributed by atoms with Gasteiger partial charge in [-0.3, -0.25) is 0 Å². The summed E-state index contributed by atoms with van der Waals surface area (Å²) in [6.07, 6.45) is 2.64. The van der Waals surface area contributed by atoms with Crippen molar-refractivity contribution in [3.05, 3.63) is 23.2 Å². The molecule has 0 amide bonds. The van der Waals surface area contributed by atoms with Crippen molar-refractivity contribution in [2.75, 3.05) is 26.7 Å². The van der Waals surface area contributed by atoms with E-state index in [1.807, 2.05) is 6.92 Å². The Bertz CT molecular complexity index is 378. The SMILES string of the molecule is Cc1cc(C(C)NCC2CCN(C)CC2)c(C)o1. The number of hydrogen-bond donors (Lipinski definition) is 1. The van der Waals surface area contributed by atoms with Crippen LogP contribution in [0.1, 0.15) is 42.9 Å². The molecule has 1 atom stereocenters. The van der Waals surface area contributed by atoms with E-state index in [1.165, 1.54) is 31.5 Å². The lowest BCUT2D eigenvalue weighted by Gasteiger charge is -2.29. The fourth-order valence-electron chi connectivity index (χ4n) is 2.80. The van der Waals surface area contributed by atoms with Gasteiger partial charge in [0.15, 0.2) is 0 Å². The molecule has 0 aromatic carbocycles. The summed E-state index contributed by atoms with van der Waals surface area (Å²) in [5.74, 6) is 2.89. The van der Waals surface area contributed by atoms with Crippen LogP contribution in [0, 0.1) is 19.8 Å². The van der Waals surface area contributed by atoms with Gasteiger partial charge >= 0.3 is 0 Å². The molecule has 102 valence electrons. The molecule has 1 aromatic rings. The molecule has 1 unspecified atom stereocenters. The zero-order chi connectivity index (χ0) is 13.1. The molecule has 3 nitrogen and oxygen atoms in total. The molecule has 1 fully saturated rings. The molecule has 0 spiro atoms. The first kappa shape index (κ1) is 13.6. The maximum Gasteiger partial charge on any atom is 0.105 e. The highest BCUT2D eigenvalue weighted by molar-refractivity contribution is 5.23. The summed E-state index contributed by atoms with van der Waals surface area (Å²) >= 11 is 0. The fraction of sp³-hybridized carbons (Fsp3) is 0.733. The number of nitrogens with zero attached hydrogens (tertiary/aromatic N) is 1. The van der Waals surface area contributed by atoms with Crippen molar-refractivity contribution in [1.82, 2.24) is 10.2 Å². The first-order valence-corrected chi connectivity index (χ1v) is 7.05. The molecule has 0 aliphatic carbocycles. The maximum absolute atomic E-state index is 5.59. The van der Waals surface area contributed by atoms with E-state index in [9.17, 15) is 0 Å². The Hall–Kier alpha value is -0.800. The van der Waals surface area contributed by atoms with Crippen molar-refractivity contribution >= 4 is 0 Å². The average Bonchev–Trinajstić information content (AvgIpc) is 2.67. The summed E-state index contributed by atoms with van der Waals surface area (Å²) < 4.78 is 5.59. The van der Waals surface area contributed by atoms with Crippen molar-refractivity contribution in [1.29, 1.82) is 0 Å². The minimum absolute atomic E-state index is 0.391. The molecule has 18 heavy (non-hydrogen) atoms. The van der Waals surface area contributed by atoms with Crippen molar-refractivity contribution in [2.24, 2.45) is 5.92 Å². The summed E-state index contributed by atoms with van der Waals surface area (Å²) in [4.78, 5) is 2.42. The lowest BCUT2D eigenvalue weighted by atomic mass is 9.96. The van der Waals surface area contributed by atoms with Crippen LogP contribution in [0.3, 0.4) is 0 Å². The Morgan fingerprint density at radius 1 is 1.39 bits per heavy atom. The standard InChI is InChI=1S/C15H26N2O/c1-11-9-15(13(3)18-11)12(2)16-10-14-5-7-17(4)8-6-14/h9,12,14,16H,5-8,10H2,1-4H3. The van der Waals surface area contributed by atoms with Gasteiger partial charge in [0.2, 0.25) is 0 Å². The Morgan fingerprint density at radius 3 is 2.61 bits per heavy atom. The van der Waals surface area contributed by atoms with Crippen molar-refractivity contribution in [3.63, 3.8) is 0 Å². The number of hydrogen-bond acceptors (Lipinski definition) is 3. The van der Waals surface area contributed by atoms with Crippen LogP contribution >= 0.6 is 0 Å². The molecule has 1 aliphatic rings. The van der Waals surface area contributed by atoms with Crippen LogP contribution in [0.15, 0.2) is 10.5 Å². The summed E-state index contributed by atoms with van der Waals surface area (Å²) in [5.41, 5.74) is 1.31. The van der Waals surface area contributed by atoms with Crippen molar-refractivity contribution in [2.45, 2.75) is 39.7 Å². The number of nitrogens with one attached hydrogen (secondary N) is 1. The smallest absolute Gasteiger partial charge is 0.105 e. The zero-order valence-corrected chi connectivity index (χ0v) is 12.1. The van der Waals surface area contributed by atoms with E-state index in [4.69, 9.17) is 4.42 Å². The van der Waals surface area contributed by atoms with Crippen LogP contribution in [-0.4, -0.2) is 31.6 Å². The predicted molar refractivity (Wildman–Crippen MR) is 74.8 cm³/mol. The van der Waals surface area contributed by atoms with Gasteiger partial charge in [-0.25, -0.2) is 0 Å². The van der Waals surface area contributed by atoms with Crippen LogP contribution in [0.5, 0.6) is 0 Å². The second kappa shape index (κ2) is 5.89. The van der Waals surface area contributed by atoms with Crippen molar-refractivity contribution in [3.8, 4) is 0 Å². The zero-order valence-electron chi connectivity index (χ0n) is 12.1. The van der Waals surface area contributed by atoms with Gasteiger partial charge in [0.05, 0.1) is 0 Å². The highest BCUT2D eigenvalue weighted by Gasteiger charge is 2.18. The third kappa shape index (κ3) is 3.36. The van der Waals surface area contributed by atoms with Crippen LogP contribution < -0.4 is 5.32 Å². The molecule has 1 saturated heterocycles. The van der Waals surface area contributed by atoms with Gasteiger partial charge in [0.1, 0.15) is 11.5 Å². The van der Waals surface area contributed by atoms with Gasteiger partial charge < -0.3 is 14.6 Å². The molecule has 2 heterocycles. The third-order valence-corrected chi connectivity index (χ3v) is 4.10. The monoisotopic (exact) mass is 250 g/mol. The molecule has 1 aromatic heterocycles. The van der Waals surface area contributed by atoms with E-state index in [0.29, 0.717) is 6.04 Å². The molecular formula is C15H26N2O. The third-order valence-electron chi connectivity index (χ3n) is 4.10. The molecule has 2 rings (SSSR count). The van der Waals surface area contributed by atoms with Gasteiger partial charge in [-0.2, -0.15) is 0 Å².